The molecule has 1 aliphatic rings. The van der Waals surface area contributed by atoms with E-state index < -0.39 is 0 Å². The fourth-order valence-corrected chi connectivity index (χ4v) is 3.42. The summed E-state index contributed by atoms with van der Waals surface area (Å²) in [6.07, 6.45) is 2.46. The van der Waals surface area contributed by atoms with E-state index in [-0.39, 0.29) is 0 Å². The highest BCUT2D eigenvalue weighted by Crippen LogP contribution is 2.52. The van der Waals surface area contributed by atoms with Crippen molar-refractivity contribution in [3.63, 3.8) is 0 Å². The van der Waals surface area contributed by atoms with Gasteiger partial charge in [0.1, 0.15) is 0 Å². The first kappa shape index (κ1) is 14.0. The van der Waals surface area contributed by atoms with Crippen LogP contribution < -0.4 is 11.2 Å². The molecule has 2 N–H and O–H groups in total. The lowest BCUT2D eigenvalue weighted by Gasteiger charge is -2.35. The molecule has 1 fully saturated rings. The minimum absolute atomic E-state index is 0.378. The molecule has 18 heavy (non-hydrogen) atoms. The zero-order valence-corrected chi connectivity index (χ0v) is 12.6. The Labute approximate surface area is 116 Å². The van der Waals surface area contributed by atoms with E-state index in [9.17, 15) is 0 Å². The Morgan fingerprint density at radius 1 is 1.17 bits per heavy atom. The molecule has 0 bridgehead atoms. The van der Waals surface area contributed by atoms with Gasteiger partial charge in [0.25, 0.3) is 0 Å². The number of nitrogens with two attached hydrogens (primary N) is 1. The van der Waals surface area contributed by atoms with E-state index in [1.54, 1.807) is 0 Å². The Hall–Kier alpha value is -0.465. The second-order valence-corrected chi connectivity index (χ2v) is 7.36. The third-order valence-electron chi connectivity index (χ3n) is 5.11. The summed E-state index contributed by atoms with van der Waals surface area (Å²) in [5.74, 6) is 0. The van der Waals surface area contributed by atoms with Gasteiger partial charge in [-0.05, 0) is 28.5 Å². The van der Waals surface area contributed by atoms with Crippen LogP contribution in [0.2, 0.25) is 17.7 Å². The van der Waals surface area contributed by atoms with Crippen molar-refractivity contribution in [2.24, 2.45) is 16.6 Å². The Morgan fingerprint density at radius 3 is 2.22 bits per heavy atom. The monoisotopic (exact) mass is 263 g/mol. The highest BCUT2D eigenvalue weighted by atomic mass is 35.5. The van der Waals surface area contributed by atoms with Crippen LogP contribution in [0.15, 0.2) is 18.2 Å². The summed E-state index contributed by atoms with van der Waals surface area (Å²) >= 11 is 6.06. The summed E-state index contributed by atoms with van der Waals surface area (Å²) in [7, 11) is 0. The van der Waals surface area contributed by atoms with Crippen molar-refractivity contribution in [1.82, 2.24) is 0 Å². The van der Waals surface area contributed by atoms with Gasteiger partial charge >= 0.3 is 0 Å². The molecule has 0 atom stereocenters. The zero-order chi connectivity index (χ0) is 13.6. The molecule has 3 heteroatoms. The number of hydrogen-bond acceptors (Lipinski definition) is 1. The first-order valence-corrected chi connectivity index (χ1v) is 7.13. The molecule has 0 spiro atoms. The summed E-state index contributed by atoms with van der Waals surface area (Å²) < 4.78 is 0. The molecule has 0 aliphatic carbocycles. The molecular weight excluding hydrogens is 240 g/mol. The first-order valence-electron chi connectivity index (χ1n) is 6.75. The molecule has 0 amide bonds. The van der Waals surface area contributed by atoms with Gasteiger partial charge < -0.3 is 5.73 Å². The zero-order valence-electron chi connectivity index (χ0n) is 11.9. The maximum atomic E-state index is 6.06. The summed E-state index contributed by atoms with van der Waals surface area (Å²) in [5, 5.41) is 0.788. The summed E-state index contributed by atoms with van der Waals surface area (Å²) in [4.78, 5) is 0. The van der Waals surface area contributed by atoms with Crippen molar-refractivity contribution in [2.45, 2.75) is 46.9 Å². The van der Waals surface area contributed by atoms with Gasteiger partial charge in [-0.3, -0.25) is 0 Å². The number of rotatable bonds is 2. The van der Waals surface area contributed by atoms with Gasteiger partial charge in [-0.25, -0.2) is 0 Å². The van der Waals surface area contributed by atoms with Crippen LogP contribution in [-0.2, 0) is 6.54 Å². The van der Waals surface area contributed by atoms with E-state index in [0.29, 0.717) is 24.1 Å². The van der Waals surface area contributed by atoms with Gasteiger partial charge in [0.2, 0.25) is 0 Å². The average Bonchev–Trinajstić information content (AvgIpc) is 2.47. The van der Waals surface area contributed by atoms with E-state index in [1.165, 1.54) is 23.7 Å². The molecule has 2 rings (SSSR count). The molecule has 0 aromatic heterocycles. The molecule has 1 aliphatic heterocycles. The van der Waals surface area contributed by atoms with Crippen LogP contribution in [0.3, 0.4) is 0 Å². The Balaban J connectivity index is 2.35. The fourth-order valence-electron chi connectivity index (χ4n) is 3.23. The van der Waals surface area contributed by atoms with Crippen LogP contribution in [0, 0.1) is 10.8 Å². The van der Waals surface area contributed by atoms with Gasteiger partial charge in [-0.1, -0.05) is 63.5 Å². The molecule has 1 aromatic rings. The van der Waals surface area contributed by atoms with Crippen LogP contribution in [0.1, 0.15) is 33.3 Å². The Kier molecular flexibility index (Phi) is 3.55. The third kappa shape index (κ3) is 2.33. The molecule has 0 radical (unpaired) electrons. The molecule has 1 aromatic carbocycles. The second-order valence-electron chi connectivity index (χ2n) is 6.92. The Morgan fingerprint density at radius 2 is 1.72 bits per heavy atom. The predicted octanol–water partition coefficient (Wildman–Crippen LogP) is 3.57. The van der Waals surface area contributed by atoms with E-state index in [0.717, 1.165) is 5.02 Å². The molecule has 0 saturated carbocycles. The van der Waals surface area contributed by atoms with Crippen molar-refractivity contribution in [3.05, 3.63) is 28.8 Å². The van der Waals surface area contributed by atoms with E-state index in [4.69, 9.17) is 17.3 Å². The van der Waals surface area contributed by atoms with Crippen molar-refractivity contribution in [1.29, 1.82) is 0 Å². The minimum atomic E-state index is 0.378. The molecule has 1 saturated heterocycles. The SMILES string of the molecule is CC1(C)CB(c2ccc(Cl)cc2CN)CC1(C)C. The Bertz CT molecular complexity index is 438. The molecule has 98 valence electrons. The van der Waals surface area contributed by atoms with Crippen molar-refractivity contribution in [3.8, 4) is 0 Å². The second kappa shape index (κ2) is 4.57. The van der Waals surface area contributed by atoms with Crippen molar-refractivity contribution in [2.75, 3.05) is 0 Å². The van der Waals surface area contributed by atoms with Crippen LogP contribution >= 0.6 is 11.6 Å². The predicted molar refractivity (Wildman–Crippen MR) is 81.9 cm³/mol. The number of hydrogen-bond donors (Lipinski definition) is 1. The fraction of sp³-hybridized carbons (Fsp3) is 0.600. The highest BCUT2D eigenvalue weighted by molar-refractivity contribution is 6.74. The summed E-state index contributed by atoms with van der Waals surface area (Å²) in [6.45, 7) is 10.7. The molecule has 1 heterocycles. The van der Waals surface area contributed by atoms with E-state index in [1.807, 2.05) is 12.1 Å². The topological polar surface area (TPSA) is 26.0 Å². The number of benzene rings is 1. The lowest BCUT2D eigenvalue weighted by atomic mass is 9.41. The van der Waals surface area contributed by atoms with Crippen LogP contribution in [0.25, 0.3) is 0 Å². The van der Waals surface area contributed by atoms with Crippen LogP contribution in [0.4, 0.5) is 0 Å². The van der Waals surface area contributed by atoms with E-state index >= 15 is 0 Å². The molecule has 1 nitrogen and oxygen atoms in total. The van der Waals surface area contributed by atoms with Crippen LogP contribution in [-0.4, -0.2) is 6.71 Å². The van der Waals surface area contributed by atoms with Gasteiger partial charge in [0, 0.05) is 11.6 Å². The average molecular weight is 264 g/mol. The van der Waals surface area contributed by atoms with Gasteiger partial charge in [0.05, 0.1) is 0 Å². The molecular formula is C15H23BClN. The number of halogens is 1. The standard InChI is InChI=1S/C15H23BClN/c1-14(2)9-16(10-15(14,3)4)13-6-5-12(17)7-11(13)8-18/h5-7H,8-10,18H2,1-4H3. The van der Waals surface area contributed by atoms with Gasteiger partial charge in [-0.15, -0.1) is 0 Å². The summed E-state index contributed by atoms with van der Waals surface area (Å²) in [5.41, 5.74) is 9.23. The first-order chi connectivity index (χ1) is 8.27. The van der Waals surface area contributed by atoms with Gasteiger partial charge in [-0.2, -0.15) is 0 Å². The minimum Gasteiger partial charge on any atom is -0.327 e. The van der Waals surface area contributed by atoms with Crippen molar-refractivity contribution < 1.29 is 0 Å². The van der Waals surface area contributed by atoms with E-state index in [2.05, 4.69) is 33.8 Å². The largest absolute Gasteiger partial charge is 0.327 e. The smallest absolute Gasteiger partial charge is 0.177 e. The third-order valence-corrected chi connectivity index (χ3v) is 5.35. The maximum absolute atomic E-state index is 6.06. The maximum Gasteiger partial charge on any atom is 0.177 e. The highest BCUT2D eigenvalue weighted by Gasteiger charge is 2.48. The lowest BCUT2D eigenvalue weighted by Crippen LogP contribution is -2.32. The normalized spacial score (nSPS) is 21.3. The van der Waals surface area contributed by atoms with Gasteiger partial charge in [0.15, 0.2) is 6.71 Å². The van der Waals surface area contributed by atoms with Crippen molar-refractivity contribution >= 4 is 23.8 Å². The quantitative estimate of drug-likeness (QED) is 0.811. The van der Waals surface area contributed by atoms with Crippen LogP contribution in [0.5, 0.6) is 0 Å². The molecule has 0 unspecified atom stereocenters. The summed E-state index contributed by atoms with van der Waals surface area (Å²) in [6, 6.07) is 6.19. The lowest BCUT2D eigenvalue weighted by molar-refractivity contribution is 0.177.